The van der Waals surface area contributed by atoms with E-state index in [9.17, 15) is 4.79 Å². The van der Waals surface area contributed by atoms with Crippen LogP contribution in [0.1, 0.15) is 12.0 Å². The zero-order valence-corrected chi connectivity index (χ0v) is 10.2. The largest absolute Gasteiger partial charge is 0.347 e. The summed E-state index contributed by atoms with van der Waals surface area (Å²) in [5.41, 5.74) is 3.08. The predicted octanol–water partition coefficient (Wildman–Crippen LogP) is 1.39. The highest BCUT2D eigenvalue weighted by Crippen LogP contribution is 2.17. The lowest BCUT2D eigenvalue weighted by molar-refractivity contribution is -0.114. The van der Waals surface area contributed by atoms with Crippen molar-refractivity contribution in [2.45, 2.75) is 13.0 Å². The van der Waals surface area contributed by atoms with E-state index >= 15 is 0 Å². The van der Waals surface area contributed by atoms with Gasteiger partial charge in [-0.15, -0.1) is 5.10 Å². The van der Waals surface area contributed by atoms with Gasteiger partial charge in [-0.3, -0.25) is 9.78 Å². The number of allylic oxidation sites excluding steroid dienone is 3. The Kier molecular flexibility index (Phi) is 3.02. The fourth-order valence-electron chi connectivity index (χ4n) is 1.96. The average Bonchev–Trinajstić information content (AvgIpc) is 2.90. The van der Waals surface area contributed by atoms with Gasteiger partial charge in [-0.1, -0.05) is 18.2 Å². The maximum Gasteiger partial charge on any atom is 0.272 e. The van der Waals surface area contributed by atoms with Crippen LogP contribution in [0.5, 0.6) is 0 Å². The van der Waals surface area contributed by atoms with Crippen LogP contribution in [0.15, 0.2) is 58.5 Å². The van der Waals surface area contributed by atoms with E-state index in [4.69, 9.17) is 0 Å². The molecule has 1 aliphatic heterocycles. The first-order chi connectivity index (χ1) is 9.34. The molecule has 3 rings (SSSR count). The Labute approximate surface area is 110 Å². The molecule has 0 unspecified atom stereocenters. The fraction of sp³-hybridized carbons (Fsp3) is 0.143. The van der Waals surface area contributed by atoms with Crippen molar-refractivity contribution in [2.24, 2.45) is 10.2 Å². The Morgan fingerprint density at radius 3 is 2.95 bits per heavy atom. The summed E-state index contributed by atoms with van der Waals surface area (Å²) < 4.78 is 0. The van der Waals surface area contributed by atoms with Crippen LogP contribution in [0.25, 0.3) is 0 Å². The summed E-state index contributed by atoms with van der Waals surface area (Å²) in [7, 11) is 0. The van der Waals surface area contributed by atoms with E-state index in [0.717, 1.165) is 23.3 Å². The third kappa shape index (κ3) is 2.35. The van der Waals surface area contributed by atoms with Gasteiger partial charge in [0.2, 0.25) is 0 Å². The third-order valence-corrected chi connectivity index (χ3v) is 2.96. The number of nitrogens with one attached hydrogen (secondary N) is 1. The monoisotopic (exact) mass is 252 g/mol. The van der Waals surface area contributed by atoms with Gasteiger partial charge in [-0.05, 0) is 17.7 Å². The normalized spacial score (nSPS) is 16.3. The van der Waals surface area contributed by atoms with Crippen LogP contribution >= 0.6 is 0 Å². The molecular weight excluding hydrogens is 240 g/mol. The van der Waals surface area contributed by atoms with Crippen molar-refractivity contribution >= 4 is 17.3 Å². The first-order valence-electron chi connectivity index (χ1n) is 6.04. The highest BCUT2D eigenvalue weighted by Gasteiger charge is 2.25. The summed E-state index contributed by atoms with van der Waals surface area (Å²) in [4.78, 5) is 16.0. The Morgan fingerprint density at radius 2 is 2.11 bits per heavy atom. The van der Waals surface area contributed by atoms with Gasteiger partial charge in [0.25, 0.3) is 5.91 Å². The van der Waals surface area contributed by atoms with Crippen molar-refractivity contribution in [2.75, 3.05) is 0 Å². The summed E-state index contributed by atoms with van der Waals surface area (Å²) in [6, 6.07) is 3.72. The fourth-order valence-corrected chi connectivity index (χ4v) is 1.96. The smallest absolute Gasteiger partial charge is 0.272 e. The molecule has 0 spiro atoms. The van der Waals surface area contributed by atoms with Crippen molar-refractivity contribution in [3.8, 4) is 0 Å². The van der Waals surface area contributed by atoms with Gasteiger partial charge >= 0.3 is 0 Å². The lowest BCUT2D eigenvalue weighted by atomic mass is 9.98. The van der Waals surface area contributed by atoms with E-state index in [0.29, 0.717) is 12.3 Å². The second-order valence-corrected chi connectivity index (χ2v) is 4.25. The molecule has 1 N–H and O–H groups in total. The SMILES string of the molecule is O=C(NCc1ccncc1)C1=NN=C2CC=CC=C21. The van der Waals surface area contributed by atoms with Crippen LogP contribution in [0.2, 0.25) is 0 Å². The van der Waals surface area contributed by atoms with E-state index in [1.807, 2.05) is 30.4 Å². The van der Waals surface area contributed by atoms with Crippen LogP contribution < -0.4 is 5.32 Å². The number of rotatable bonds is 3. The zero-order valence-electron chi connectivity index (χ0n) is 10.2. The molecule has 2 aliphatic rings. The minimum absolute atomic E-state index is 0.197. The highest BCUT2D eigenvalue weighted by atomic mass is 16.1. The van der Waals surface area contributed by atoms with Gasteiger partial charge in [0.1, 0.15) is 0 Å². The lowest BCUT2D eigenvalue weighted by Crippen LogP contribution is -2.32. The molecule has 0 saturated carbocycles. The second kappa shape index (κ2) is 4.97. The Hall–Kier alpha value is -2.56. The number of pyridine rings is 1. The molecule has 1 aromatic heterocycles. The summed E-state index contributed by atoms with van der Waals surface area (Å²) in [5.74, 6) is -0.197. The number of fused-ring (bicyclic) bond motifs is 1. The molecule has 0 saturated heterocycles. The summed E-state index contributed by atoms with van der Waals surface area (Å²) >= 11 is 0. The van der Waals surface area contributed by atoms with E-state index < -0.39 is 0 Å². The standard InChI is InChI=1S/C14H12N4O/c19-14(16-9-10-5-7-15-8-6-10)13-11-3-1-2-4-12(11)17-18-13/h1-3,5-8H,4,9H2,(H,16,19). The number of hydrogen-bond donors (Lipinski definition) is 1. The van der Waals surface area contributed by atoms with E-state index in [2.05, 4.69) is 20.5 Å². The van der Waals surface area contributed by atoms with Crippen molar-refractivity contribution in [1.29, 1.82) is 0 Å². The first kappa shape index (κ1) is 11.5. The zero-order chi connectivity index (χ0) is 13.1. The number of aromatic nitrogens is 1. The molecule has 94 valence electrons. The van der Waals surface area contributed by atoms with Crippen LogP contribution in [-0.2, 0) is 11.3 Å². The van der Waals surface area contributed by atoms with Crippen LogP contribution in [0, 0.1) is 0 Å². The second-order valence-electron chi connectivity index (χ2n) is 4.25. The minimum atomic E-state index is -0.197. The minimum Gasteiger partial charge on any atom is -0.347 e. The Morgan fingerprint density at radius 1 is 1.26 bits per heavy atom. The quantitative estimate of drug-likeness (QED) is 0.883. The van der Waals surface area contributed by atoms with E-state index in [1.54, 1.807) is 12.4 Å². The summed E-state index contributed by atoms with van der Waals surface area (Å²) in [6.45, 7) is 0.457. The van der Waals surface area contributed by atoms with E-state index in [-0.39, 0.29) is 5.91 Å². The molecule has 5 nitrogen and oxygen atoms in total. The molecule has 1 aromatic rings. The Bertz CT molecular complexity index is 626. The molecule has 2 heterocycles. The molecule has 19 heavy (non-hydrogen) atoms. The van der Waals surface area contributed by atoms with Crippen molar-refractivity contribution in [3.63, 3.8) is 0 Å². The number of amides is 1. The van der Waals surface area contributed by atoms with Gasteiger partial charge < -0.3 is 5.32 Å². The summed E-state index contributed by atoms with van der Waals surface area (Å²) in [6.07, 6.45) is 9.92. The van der Waals surface area contributed by atoms with E-state index in [1.165, 1.54) is 0 Å². The van der Waals surface area contributed by atoms with Gasteiger partial charge in [0.15, 0.2) is 5.71 Å². The van der Waals surface area contributed by atoms with Crippen LogP contribution in [0.3, 0.4) is 0 Å². The summed E-state index contributed by atoms with van der Waals surface area (Å²) in [5, 5.41) is 10.8. The number of nitrogens with zero attached hydrogens (tertiary/aromatic N) is 3. The van der Waals surface area contributed by atoms with Crippen molar-refractivity contribution in [1.82, 2.24) is 10.3 Å². The molecule has 5 heteroatoms. The average molecular weight is 252 g/mol. The van der Waals surface area contributed by atoms with Crippen molar-refractivity contribution < 1.29 is 4.79 Å². The first-order valence-corrected chi connectivity index (χ1v) is 6.04. The van der Waals surface area contributed by atoms with Crippen LogP contribution in [-0.4, -0.2) is 22.3 Å². The van der Waals surface area contributed by atoms with Gasteiger partial charge in [0.05, 0.1) is 5.71 Å². The third-order valence-electron chi connectivity index (χ3n) is 2.96. The number of carbonyl (C=O) groups excluding carboxylic acids is 1. The molecule has 0 radical (unpaired) electrons. The number of hydrogen-bond acceptors (Lipinski definition) is 4. The Balaban J connectivity index is 1.66. The molecule has 0 bridgehead atoms. The molecule has 0 fully saturated rings. The van der Waals surface area contributed by atoms with Gasteiger partial charge in [0, 0.05) is 30.9 Å². The van der Waals surface area contributed by atoms with Crippen molar-refractivity contribution in [3.05, 3.63) is 53.9 Å². The maximum absolute atomic E-state index is 12.1. The predicted molar refractivity (Wildman–Crippen MR) is 72.8 cm³/mol. The molecule has 0 atom stereocenters. The van der Waals surface area contributed by atoms with Crippen LogP contribution in [0.4, 0.5) is 0 Å². The molecule has 1 amide bonds. The highest BCUT2D eigenvalue weighted by molar-refractivity contribution is 6.53. The maximum atomic E-state index is 12.1. The topological polar surface area (TPSA) is 66.7 Å². The molecule has 0 aromatic carbocycles. The van der Waals surface area contributed by atoms with Gasteiger partial charge in [-0.2, -0.15) is 5.10 Å². The molecule has 1 aliphatic carbocycles. The van der Waals surface area contributed by atoms with Gasteiger partial charge in [-0.25, -0.2) is 0 Å². The lowest BCUT2D eigenvalue weighted by Gasteiger charge is -2.08. The molecular formula is C14H12N4O. The number of carbonyl (C=O) groups is 1.